The highest BCUT2D eigenvalue weighted by molar-refractivity contribution is 7.09. The second-order valence-electron chi connectivity index (χ2n) is 7.71. The molecule has 4 rings (SSSR count). The summed E-state index contributed by atoms with van der Waals surface area (Å²) in [6, 6.07) is 9.22. The largest absolute Gasteiger partial charge is 0.467 e. The van der Waals surface area contributed by atoms with E-state index in [9.17, 15) is 9.59 Å². The summed E-state index contributed by atoms with van der Waals surface area (Å²) in [5.41, 5.74) is 2.34. The Balaban J connectivity index is 1.63. The number of likely N-dealkylation sites (tertiary alicyclic amines) is 1. The Morgan fingerprint density at radius 3 is 2.86 bits per heavy atom. The van der Waals surface area contributed by atoms with Gasteiger partial charge < -0.3 is 14.2 Å². The molecular formula is C22H25N3O3S. The maximum absolute atomic E-state index is 13.2. The molecule has 0 bridgehead atoms. The van der Waals surface area contributed by atoms with Crippen LogP contribution in [0.15, 0.2) is 35.7 Å². The standard InChI is InChI=1S/C22H25N3O3S/c1-14-8-9-25(19(11-14)22(27)28-3)21(26)15-6-7-18-17(12-15)23-20(24(18)2)13-16-5-4-10-29-16/h4-7,10,12,14,19H,8-9,11,13H2,1-3H3. The first-order valence-corrected chi connectivity index (χ1v) is 10.7. The zero-order valence-corrected chi connectivity index (χ0v) is 17.7. The lowest BCUT2D eigenvalue weighted by Crippen LogP contribution is -2.50. The van der Waals surface area contributed by atoms with E-state index in [1.807, 2.05) is 31.3 Å². The molecule has 152 valence electrons. The third-order valence-corrected chi connectivity index (χ3v) is 6.61. The van der Waals surface area contributed by atoms with Crippen LogP contribution >= 0.6 is 11.3 Å². The van der Waals surface area contributed by atoms with Gasteiger partial charge in [0.15, 0.2) is 0 Å². The van der Waals surface area contributed by atoms with Crippen molar-refractivity contribution in [3.8, 4) is 0 Å². The molecule has 6 nitrogen and oxygen atoms in total. The van der Waals surface area contributed by atoms with Crippen LogP contribution in [0.3, 0.4) is 0 Å². The normalized spacial score (nSPS) is 19.5. The van der Waals surface area contributed by atoms with Gasteiger partial charge in [-0.15, -0.1) is 11.3 Å². The molecule has 0 radical (unpaired) electrons. The van der Waals surface area contributed by atoms with Crippen molar-refractivity contribution < 1.29 is 14.3 Å². The molecule has 2 aromatic heterocycles. The number of amides is 1. The van der Waals surface area contributed by atoms with Gasteiger partial charge >= 0.3 is 5.97 Å². The van der Waals surface area contributed by atoms with Crippen LogP contribution in [0.4, 0.5) is 0 Å². The fourth-order valence-corrected chi connectivity index (χ4v) is 4.72. The van der Waals surface area contributed by atoms with Crippen LogP contribution in [-0.2, 0) is 23.0 Å². The van der Waals surface area contributed by atoms with Crippen molar-refractivity contribution in [2.24, 2.45) is 13.0 Å². The molecule has 1 aliphatic rings. The number of rotatable bonds is 4. The average Bonchev–Trinajstić information content (AvgIpc) is 3.35. The number of aryl methyl sites for hydroxylation is 1. The Morgan fingerprint density at radius 2 is 2.14 bits per heavy atom. The van der Waals surface area contributed by atoms with Gasteiger partial charge in [-0.25, -0.2) is 9.78 Å². The first kappa shape index (κ1) is 19.6. The number of carbonyl (C=O) groups is 2. The maximum atomic E-state index is 13.2. The minimum Gasteiger partial charge on any atom is -0.467 e. The van der Waals surface area contributed by atoms with Gasteiger partial charge in [0, 0.05) is 30.5 Å². The summed E-state index contributed by atoms with van der Waals surface area (Å²) in [4.78, 5) is 33.1. The summed E-state index contributed by atoms with van der Waals surface area (Å²) >= 11 is 1.71. The zero-order chi connectivity index (χ0) is 20.5. The van der Waals surface area contributed by atoms with Crippen LogP contribution in [0.5, 0.6) is 0 Å². The number of benzene rings is 1. The van der Waals surface area contributed by atoms with Crippen molar-refractivity contribution >= 4 is 34.2 Å². The molecule has 29 heavy (non-hydrogen) atoms. The van der Waals surface area contributed by atoms with Crippen LogP contribution in [-0.4, -0.2) is 46.0 Å². The van der Waals surface area contributed by atoms with E-state index in [2.05, 4.69) is 22.9 Å². The molecule has 0 N–H and O–H groups in total. The molecular weight excluding hydrogens is 386 g/mol. The Hall–Kier alpha value is -2.67. The van der Waals surface area contributed by atoms with Gasteiger partial charge in [0.1, 0.15) is 11.9 Å². The summed E-state index contributed by atoms with van der Waals surface area (Å²) in [5, 5.41) is 2.06. The summed E-state index contributed by atoms with van der Waals surface area (Å²) in [7, 11) is 3.37. The molecule has 2 atom stereocenters. The average molecular weight is 412 g/mol. The third kappa shape index (κ3) is 3.79. The van der Waals surface area contributed by atoms with E-state index >= 15 is 0 Å². The van der Waals surface area contributed by atoms with Crippen molar-refractivity contribution in [1.82, 2.24) is 14.5 Å². The monoisotopic (exact) mass is 411 g/mol. The Kier molecular flexibility index (Phi) is 5.41. The number of nitrogens with zero attached hydrogens (tertiary/aromatic N) is 3. The predicted octanol–water partition coefficient (Wildman–Crippen LogP) is 3.64. The number of carbonyl (C=O) groups excluding carboxylic acids is 2. The predicted molar refractivity (Wildman–Crippen MR) is 113 cm³/mol. The first-order valence-electron chi connectivity index (χ1n) is 9.84. The van der Waals surface area contributed by atoms with Crippen LogP contribution in [0, 0.1) is 5.92 Å². The van der Waals surface area contributed by atoms with Gasteiger partial charge in [0.25, 0.3) is 5.91 Å². The third-order valence-electron chi connectivity index (χ3n) is 5.73. The summed E-state index contributed by atoms with van der Waals surface area (Å²) in [6.07, 6.45) is 2.28. The minimum atomic E-state index is -0.523. The highest BCUT2D eigenvalue weighted by atomic mass is 32.1. The van der Waals surface area contributed by atoms with Gasteiger partial charge in [0.2, 0.25) is 0 Å². The van der Waals surface area contributed by atoms with E-state index in [0.29, 0.717) is 24.4 Å². The molecule has 1 saturated heterocycles. The molecule has 1 aliphatic heterocycles. The number of ether oxygens (including phenoxy) is 1. The number of hydrogen-bond acceptors (Lipinski definition) is 5. The Bertz CT molecular complexity index is 1040. The molecule has 7 heteroatoms. The number of hydrogen-bond donors (Lipinski definition) is 0. The zero-order valence-electron chi connectivity index (χ0n) is 16.9. The summed E-state index contributed by atoms with van der Waals surface area (Å²) < 4.78 is 7.02. The lowest BCUT2D eigenvalue weighted by atomic mass is 9.92. The molecule has 1 fully saturated rings. The number of fused-ring (bicyclic) bond motifs is 1. The van der Waals surface area contributed by atoms with Crippen LogP contribution in [0.2, 0.25) is 0 Å². The molecule has 2 unspecified atom stereocenters. The fraction of sp³-hybridized carbons (Fsp3) is 0.409. The van der Waals surface area contributed by atoms with E-state index in [1.165, 1.54) is 12.0 Å². The molecule has 0 spiro atoms. The van der Waals surface area contributed by atoms with Crippen molar-refractivity contribution in [2.75, 3.05) is 13.7 Å². The van der Waals surface area contributed by atoms with Gasteiger partial charge in [-0.2, -0.15) is 0 Å². The van der Waals surface area contributed by atoms with E-state index in [0.717, 1.165) is 29.7 Å². The summed E-state index contributed by atoms with van der Waals surface area (Å²) in [6.45, 7) is 2.66. The van der Waals surface area contributed by atoms with Crippen LogP contribution in [0.1, 0.15) is 40.8 Å². The number of thiophene rings is 1. The van der Waals surface area contributed by atoms with E-state index < -0.39 is 6.04 Å². The molecule has 3 heterocycles. The van der Waals surface area contributed by atoms with Gasteiger partial charge in [0.05, 0.1) is 18.1 Å². The molecule has 1 aromatic carbocycles. The number of imidazole rings is 1. The number of piperidine rings is 1. The Labute approximate surface area is 174 Å². The quantitative estimate of drug-likeness (QED) is 0.615. The Morgan fingerprint density at radius 1 is 1.31 bits per heavy atom. The second kappa shape index (κ2) is 7.99. The molecule has 0 saturated carbocycles. The smallest absolute Gasteiger partial charge is 0.328 e. The summed E-state index contributed by atoms with van der Waals surface area (Å²) in [5.74, 6) is 0.870. The number of methoxy groups -OCH3 is 1. The van der Waals surface area contributed by atoms with Crippen molar-refractivity contribution in [3.63, 3.8) is 0 Å². The van der Waals surface area contributed by atoms with Crippen molar-refractivity contribution in [2.45, 2.75) is 32.2 Å². The molecule has 0 aliphatic carbocycles. The van der Waals surface area contributed by atoms with Gasteiger partial charge in [-0.05, 0) is 48.4 Å². The van der Waals surface area contributed by atoms with E-state index in [-0.39, 0.29) is 11.9 Å². The maximum Gasteiger partial charge on any atom is 0.328 e. The van der Waals surface area contributed by atoms with E-state index in [4.69, 9.17) is 9.72 Å². The highest BCUT2D eigenvalue weighted by Gasteiger charge is 2.36. The topological polar surface area (TPSA) is 64.4 Å². The van der Waals surface area contributed by atoms with Crippen LogP contribution in [0.25, 0.3) is 11.0 Å². The lowest BCUT2D eigenvalue weighted by molar-refractivity contribution is -0.147. The molecule has 3 aromatic rings. The van der Waals surface area contributed by atoms with Crippen molar-refractivity contribution in [1.29, 1.82) is 0 Å². The van der Waals surface area contributed by atoms with Gasteiger partial charge in [-0.1, -0.05) is 13.0 Å². The second-order valence-corrected chi connectivity index (χ2v) is 8.75. The highest BCUT2D eigenvalue weighted by Crippen LogP contribution is 2.26. The lowest BCUT2D eigenvalue weighted by Gasteiger charge is -2.36. The van der Waals surface area contributed by atoms with Crippen LogP contribution < -0.4 is 0 Å². The number of aromatic nitrogens is 2. The van der Waals surface area contributed by atoms with Gasteiger partial charge in [-0.3, -0.25) is 4.79 Å². The molecule has 1 amide bonds. The number of esters is 1. The van der Waals surface area contributed by atoms with E-state index in [1.54, 1.807) is 16.2 Å². The fourth-order valence-electron chi connectivity index (χ4n) is 4.02. The minimum absolute atomic E-state index is 0.139. The first-order chi connectivity index (χ1) is 14.0. The van der Waals surface area contributed by atoms with Crippen molar-refractivity contribution in [3.05, 3.63) is 52.0 Å². The SMILES string of the molecule is COC(=O)C1CC(C)CCN1C(=O)c1ccc2c(c1)nc(Cc1cccs1)n2C.